The van der Waals surface area contributed by atoms with E-state index in [2.05, 4.69) is 38.7 Å². The zero-order valence-corrected chi connectivity index (χ0v) is 15.6. The van der Waals surface area contributed by atoms with Crippen molar-refractivity contribution >= 4 is 40.7 Å². The Morgan fingerprint density at radius 3 is 2.62 bits per heavy atom. The lowest BCUT2D eigenvalue weighted by molar-refractivity contribution is 0.338. The Hall–Kier alpha value is -0.000000000000000111. The first-order chi connectivity index (χ1) is 9.29. The number of benzene rings is 1. The van der Waals surface area contributed by atoms with Crippen LogP contribution in [0.3, 0.4) is 0 Å². The number of hydrogen-bond acceptors (Lipinski definition) is 3. The van der Waals surface area contributed by atoms with Crippen LogP contribution in [0.2, 0.25) is 0 Å². The van der Waals surface area contributed by atoms with E-state index in [9.17, 15) is 0 Å². The highest BCUT2D eigenvalue weighted by Crippen LogP contribution is 2.26. The standard InChI is InChI=1S/C15H23BrN2O.2ClH/c1-2-19-15-4-3-13(9-14(15)16)11-18-10-12-5-7-17-8-6-12;;/h3-4,9,12,17-18H,2,5-8,10-11H2,1H3;2*1H. The molecule has 0 saturated carbocycles. The zero-order valence-electron chi connectivity index (χ0n) is 12.4. The van der Waals surface area contributed by atoms with Gasteiger partial charge >= 0.3 is 0 Å². The summed E-state index contributed by atoms with van der Waals surface area (Å²) in [6.07, 6.45) is 2.58. The first kappa shape index (κ1) is 21.0. The lowest BCUT2D eigenvalue weighted by Gasteiger charge is -2.22. The lowest BCUT2D eigenvalue weighted by Crippen LogP contribution is -2.33. The highest BCUT2D eigenvalue weighted by molar-refractivity contribution is 9.10. The van der Waals surface area contributed by atoms with E-state index in [0.29, 0.717) is 6.61 Å². The van der Waals surface area contributed by atoms with Crippen LogP contribution in [0.15, 0.2) is 22.7 Å². The van der Waals surface area contributed by atoms with Gasteiger partial charge in [-0.15, -0.1) is 24.8 Å². The maximum atomic E-state index is 5.52. The SMILES string of the molecule is CCOc1ccc(CNCC2CCNCC2)cc1Br.Cl.Cl. The van der Waals surface area contributed by atoms with Crippen molar-refractivity contribution in [3.8, 4) is 5.75 Å². The van der Waals surface area contributed by atoms with Crippen molar-refractivity contribution < 1.29 is 4.74 Å². The molecular weight excluding hydrogens is 375 g/mol. The van der Waals surface area contributed by atoms with Crippen LogP contribution in [-0.2, 0) is 6.54 Å². The predicted octanol–water partition coefficient (Wildman–Crippen LogP) is 3.78. The Morgan fingerprint density at radius 2 is 2.00 bits per heavy atom. The van der Waals surface area contributed by atoms with Gasteiger partial charge in [0.25, 0.3) is 0 Å². The normalized spacial score (nSPS) is 15.0. The van der Waals surface area contributed by atoms with Crippen LogP contribution in [0.25, 0.3) is 0 Å². The number of piperidine rings is 1. The topological polar surface area (TPSA) is 33.3 Å². The number of hydrogen-bond donors (Lipinski definition) is 2. The van der Waals surface area contributed by atoms with E-state index in [4.69, 9.17) is 4.74 Å². The molecule has 122 valence electrons. The number of rotatable bonds is 6. The highest BCUT2D eigenvalue weighted by atomic mass is 79.9. The minimum absolute atomic E-state index is 0. The molecule has 2 rings (SSSR count). The summed E-state index contributed by atoms with van der Waals surface area (Å²) in [6, 6.07) is 6.31. The highest BCUT2D eigenvalue weighted by Gasteiger charge is 2.12. The van der Waals surface area contributed by atoms with E-state index in [0.717, 1.165) is 29.2 Å². The fourth-order valence-corrected chi connectivity index (χ4v) is 2.97. The summed E-state index contributed by atoms with van der Waals surface area (Å²) >= 11 is 3.56. The van der Waals surface area contributed by atoms with E-state index in [-0.39, 0.29) is 24.8 Å². The van der Waals surface area contributed by atoms with Gasteiger partial charge in [0.1, 0.15) is 5.75 Å². The molecule has 1 aliphatic rings. The van der Waals surface area contributed by atoms with Crippen molar-refractivity contribution in [2.45, 2.75) is 26.3 Å². The van der Waals surface area contributed by atoms with Crippen molar-refractivity contribution in [2.75, 3.05) is 26.2 Å². The molecular formula is C15H25BrCl2N2O. The molecule has 6 heteroatoms. The molecule has 0 atom stereocenters. The molecule has 0 aromatic heterocycles. The van der Waals surface area contributed by atoms with Gasteiger partial charge < -0.3 is 15.4 Å². The maximum absolute atomic E-state index is 5.52. The van der Waals surface area contributed by atoms with Crippen LogP contribution < -0.4 is 15.4 Å². The van der Waals surface area contributed by atoms with Crippen LogP contribution in [0, 0.1) is 5.92 Å². The van der Waals surface area contributed by atoms with Gasteiger partial charge in [-0.1, -0.05) is 6.07 Å². The minimum Gasteiger partial charge on any atom is -0.493 e. The van der Waals surface area contributed by atoms with Gasteiger partial charge in [-0.2, -0.15) is 0 Å². The molecule has 0 unspecified atom stereocenters. The Morgan fingerprint density at radius 1 is 1.29 bits per heavy atom. The van der Waals surface area contributed by atoms with E-state index in [1.54, 1.807) is 0 Å². The van der Waals surface area contributed by atoms with Gasteiger partial charge in [0.2, 0.25) is 0 Å². The quantitative estimate of drug-likeness (QED) is 0.763. The van der Waals surface area contributed by atoms with Gasteiger partial charge in [0.15, 0.2) is 0 Å². The molecule has 1 aromatic carbocycles. The first-order valence-corrected chi connectivity index (χ1v) is 7.91. The molecule has 2 N–H and O–H groups in total. The summed E-state index contributed by atoms with van der Waals surface area (Å²) in [7, 11) is 0. The predicted molar refractivity (Wildman–Crippen MR) is 97.1 cm³/mol. The summed E-state index contributed by atoms with van der Waals surface area (Å²) in [5, 5.41) is 6.96. The fraction of sp³-hybridized carbons (Fsp3) is 0.600. The molecule has 1 saturated heterocycles. The van der Waals surface area contributed by atoms with Crippen molar-refractivity contribution in [1.29, 1.82) is 0 Å². The summed E-state index contributed by atoms with van der Waals surface area (Å²) in [5.41, 5.74) is 1.30. The monoisotopic (exact) mass is 398 g/mol. The van der Waals surface area contributed by atoms with E-state index < -0.39 is 0 Å². The molecule has 1 aromatic rings. The van der Waals surface area contributed by atoms with Gasteiger partial charge in [-0.05, 0) is 78.9 Å². The second kappa shape index (κ2) is 11.6. The molecule has 3 nitrogen and oxygen atoms in total. The summed E-state index contributed by atoms with van der Waals surface area (Å²) in [6.45, 7) is 7.08. The van der Waals surface area contributed by atoms with Crippen LogP contribution in [-0.4, -0.2) is 26.2 Å². The molecule has 0 spiro atoms. The van der Waals surface area contributed by atoms with Gasteiger partial charge in [-0.25, -0.2) is 0 Å². The van der Waals surface area contributed by atoms with E-state index >= 15 is 0 Å². The Labute approximate surface area is 148 Å². The van der Waals surface area contributed by atoms with E-state index in [1.165, 1.54) is 31.5 Å². The molecule has 21 heavy (non-hydrogen) atoms. The zero-order chi connectivity index (χ0) is 13.5. The fourth-order valence-electron chi connectivity index (χ4n) is 2.43. The molecule has 1 heterocycles. The summed E-state index contributed by atoms with van der Waals surface area (Å²) in [5.74, 6) is 1.75. The average Bonchev–Trinajstić information content (AvgIpc) is 2.43. The summed E-state index contributed by atoms with van der Waals surface area (Å²) < 4.78 is 6.55. The number of halogens is 3. The molecule has 0 bridgehead atoms. The van der Waals surface area contributed by atoms with Crippen molar-refractivity contribution in [3.05, 3.63) is 28.2 Å². The largest absolute Gasteiger partial charge is 0.493 e. The molecule has 1 aliphatic heterocycles. The van der Waals surface area contributed by atoms with Crippen LogP contribution in [0.5, 0.6) is 5.75 Å². The smallest absolute Gasteiger partial charge is 0.133 e. The van der Waals surface area contributed by atoms with Gasteiger partial charge in [-0.3, -0.25) is 0 Å². The Kier molecular flexibility index (Phi) is 11.6. The van der Waals surface area contributed by atoms with Crippen LogP contribution in [0.4, 0.5) is 0 Å². The third kappa shape index (κ3) is 7.20. The van der Waals surface area contributed by atoms with Crippen molar-refractivity contribution in [3.63, 3.8) is 0 Å². The molecule has 0 radical (unpaired) electrons. The van der Waals surface area contributed by atoms with Crippen LogP contribution in [0.1, 0.15) is 25.3 Å². The second-order valence-corrected chi connectivity index (χ2v) is 5.88. The number of ether oxygens (including phenoxy) is 1. The summed E-state index contributed by atoms with van der Waals surface area (Å²) in [4.78, 5) is 0. The first-order valence-electron chi connectivity index (χ1n) is 7.12. The van der Waals surface area contributed by atoms with Crippen molar-refractivity contribution in [1.82, 2.24) is 10.6 Å². The third-order valence-corrected chi connectivity index (χ3v) is 4.14. The van der Waals surface area contributed by atoms with Crippen molar-refractivity contribution in [2.24, 2.45) is 5.92 Å². The van der Waals surface area contributed by atoms with Gasteiger partial charge in [0, 0.05) is 6.54 Å². The third-order valence-electron chi connectivity index (χ3n) is 3.52. The number of nitrogens with one attached hydrogen (secondary N) is 2. The van der Waals surface area contributed by atoms with Crippen LogP contribution >= 0.6 is 40.7 Å². The van der Waals surface area contributed by atoms with E-state index in [1.807, 2.05) is 13.0 Å². The second-order valence-electron chi connectivity index (χ2n) is 5.02. The molecule has 0 aliphatic carbocycles. The Balaban J connectivity index is 0.00000200. The molecule has 0 amide bonds. The molecule has 1 fully saturated rings. The lowest BCUT2D eigenvalue weighted by atomic mass is 9.98. The maximum Gasteiger partial charge on any atom is 0.133 e. The average molecular weight is 400 g/mol. The van der Waals surface area contributed by atoms with Gasteiger partial charge in [0.05, 0.1) is 11.1 Å². The minimum atomic E-state index is 0. The Bertz CT molecular complexity index is 401.